The molecule has 0 fully saturated rings. The molecule has 0 saturated heterocycles. The van der Waals surface area contributed by atoms with Crippen molar-refractivity contribution < 1.29 is 62.0 Å². The normalized spacial score (nSPS) is 11.0. The molecular weight excluding hydrogens is 560 g/mol. The highest BCUT2D eigenvalue weighted by Gasteiger charge is 2.38. The molecule has 0 heterocycles. The minimum atomic E-state index is -1.29. The summed E-state index contributed by atoms with van der Waals surface area (Å²) in [6.45, 7) is 0. The number of nitrogens with one attached hydrogen (secondary N) is 2. The zero-order valence-corrected chi connectivity index (χ0v) is 25.3. The first-order chi connectivity index (χ1) is 19.8. The molecule has 0 radical (unpaired) electrons. The van der Waals surface area contributed by atoms with E-state index in [1.165, 1.54) is 42.7 Å². The van der Waals surface area contributed by atoms with Crippen LogP contribution in [0.5, 0.6) is 0 Å². The van der Waals surface area contributed by atoms with Gasteiger partial charge in [0.25, 0.3) is 0 Å². The molecule has 0 rings (SSSR count). The molecule has 0 aromatic rings. The Bertz CT molecular complexity index is 762. The van der Waals surface area contributed by atoms with Gasteiger partial charge in [-0.15, -0.1) is 0 Å². The quantitative estimate of drug-likeness (QED) is 0.150. The molecule has 42 heavy (non-hydrogen) atoms. The third kappa shape index (κ3) is 15.2. The van der Waals surface area contributed by atoms with Crippen LogP contribution in [0.4, 0.5) is 4.79 Å². The molecule has 240 valence electrons. The molecule has 0 saturated carbocycles. The maximum atomic E-state index is 13.6. The van der Waals surface area contributed by atoms with Crippen LogP contribution in [0, 0.1) is 0 Å². The predicted molar refractivity (Wildman–Crippen MR) is 145 cm³/mol. The van der Waals surface area contributed by atoms with E-state index in [1.807, 2.05) is 0 Å². The van der Waals surface area contributed by atoms with E-state index in [2.05, 4.69) is 10.6 Å². The maximum Gasteiger partial charge on any atom is 0.315 e. The minimum Gasteiger partial charge on any atom is -0.469 e. The van der Waals surface area contributed by atoms with Crippen LogP contribution in [-0.4, -0.2) is 95.6 Å². The van der Waals surface area contributed by atoms with Gasteiger partial charge in [-0.05, 0) is 38.5 Å². The summed E-state index contributed by atoms with van der Waals surface area (Å²) >= 11 is 0. The lowest BCUT2D eigenvalue weighted by Gasteiger charge is -2.39. The van der Waals surface area contributed by atoms with Gasteiger partial charge < -0.3 is 39.1 Å². The second kappa shape index (κ2) is 20.0. The fraction of sp³-hybridized carbons (Fsp3) is 0.741. The first-order valence-electron chi connectivity index (χ1n) is 13.3. The van der Waals surface area contributed by atoms with Crippen molar-refractivity contribution in [2.75, 3.05) is 42.7 Å². The van der Waals surface area contributed by atoms with Crippen LogP contribution in [0.3, 0.4) is 0 Å². The number of hydrogen-bond donors (Lipinski definition) is 2. The molecule has 0 aliphatic heterocycles. The van der Waals surface area contributed by atoms with Crippen LogP contribution in [-0.2, 0) is 57.2 Å². The molecule has 0 aliphatic rings. The Hall–Kier alpha value is -3.91. The Labute approximate surface area is 245 Å². The Balaban J connectivity index is 6.47. The van der Waals surface area contributed by atoms with Gasteiger partial charge in [0, 0.05) is 49.6 Å². The summed E-state index contributed by atoms with van der Waals surface area (Å²) in [5, 5.41) is 5.61. The van der Waals surface area contributed by atoms with E-state index in [9.17, 15) is 33.6 Å². The summed E-state index contributed by atoms with van der Waals surface area (Å²) in [6, 6.07) is -0.797. The van der Waals surface area contributed by atoms with E-state index >= 15 is 0 Å². The number of carbonyl (C=O) groups is 7. The Morgan fingerprint density at radius 3 is 0.690 bits per heavy atom. The maximum absolute atomic E-state index is 13.6. The molecule has 0 aromatic carbocycles. The highest BCUT2D eigenvalue weighted by atomic mass is 16.5. The van der Waals surface area contributed by atoms with Crippen LogP contribution in [0.2, 0.25) is 0 Å². The van der Waals surface area contributed by atoms with Crippen LogP contribution < -0.4 is 10.6 Å². The van der Waals surface area contributed by atoms with Gasteiger partial charge in [0.1, 0.15) is 0 Å². The molecule has 0 spiro atoms. The van der Waals surface area contributed by atoms with Crippen LogP contribution >= 0.6 is 0 Å². The zero-order valence-electron chi connectivity index (χ0n) is 25.3. The fourth-order valence-corrected chi connectivity index (χ4v) is 4.30. The molecule has 2 N–H and O–H groups in total. The third-order valence-electron chi connectivity index (χ3n) is 6.97. The highest BCUT2D eigenvalue weighted by molar-refractivity contribution is 5.78. The Kier molecular flexibility index (Phi) is 18.2. The van der Waals surface area contributed by atoms with Crippen LogP contribution in [0.15, 0.2) is 0 Å². The highest BCUT2D eigenvalue weighted by Crippen LogP contribution is 2.29. The number of esters is 6. The summed E-state index contributed by atoms with van der Waals surface area (Å²) in [5.41, 5.74) is -2.58. The zero-order chi connectivity index (χ0) is 32.2. The summed E-state index contributed by atoms with van der Waals surface area (Å²) in [5.74, 6) is -3.49. The van der Waals surface area contributed by atoms with E-state index in [0.29, 0.717) is 0 Å². The van der Waals surface area contributed by atoms with Gasteiger partial charge in [-0.25, -0.2) is 4.79 Å². The van der Waals surface area contributed by atoms with Gasteiger partial charge >= 0.3 is 41.8 Å². The number of urea groups is 1. The van der Waals surface area contributed by atoms with E-state index in [-0.39, 0.29) is 77.0 Å². The molecule has 0 aromatic heterocycles. The van der Waals surface area contributed by atoms with Crippen molar-refractivity contribution in [3.05, 3.63) is 0 Å². The molecule has 15 heteroatoms. The Morgan fingerprint density at radius 1 is 0.381 bits per heavy atom. The van der Waals surface area contributed by atoms with Crippen molar-refractivity contribution in [1.82, 2.24) is 10.6 Å². The van der Waals surface area contributed by atoms with Crippen molar-refractivity contribution in [3.8, 4) is 0 Å². The van der Waals surface area contributed by atoms with Gasteiger partial charge in [-0.2, -0.15) is 0 Å². The topological polar surface area (TPSA) is 199 Å². The standard InChI is InChI=1S/C27H44N2O13/c1-37-19(30)7-13-26(14-8-20(31)38-2,15-9-21(32)39-3)28-25(36)29-27(16-10-22(33)40-4,17-11-23(34)41-5)18-12-24(35)42-6/h7-18H2,1-6H3,(H2,28,29,36). The van der Waals surface area contributed by atoms with Crippen molar-refractivity contribution in [1.29, 1.82) is 0 Å². The largest absolute Gasteiger partial charge is 0.469 e. The second-order valence-electron chi connectivity index (χ2n) is 9.60. The number of amides is 2. The van der Waals surface area contributed by atoms with Crippen LogP contribution in [0.1, 0.15) is 77.0 Å². The summed E-state index contributed by atoms with van der Waals surface area (Å²) in [6.07, 6.45) is -1.01. The summed E-state index contributed by atoms with van der Waals surface area (Å²) in [7, 11) is 7.20. The van der Waals surface area contributed by atoms with Gasteiger partial charge in [0.2, 0.25) is 0 Å². The van der Waals surface area contributed by atoms with Gasteiger partial charge in [0.15, 0.2) is 0 Å². The lowest BCUT2D eigenvalue weighted by Crippen LogP contribution is -2.59. The van der Waals surface area contributed by atoms with Crippen molar-refractivity contribution in [3.63, 3.8) is 0 Å². The third-order valence-corrected chi connectivity index (χ3v) is 6.97. The number of carbonyl (C=O) groups excluding carboxylic acids is 7. The lowest BCUT2D eigenvalue weighted by atomic mass is 9.82. The monoisotopic (exact) mass is 604 g/mol. The van der Waals surface area contributed by atoms with E-state index in [1.54, 1.807) is 0 Å². The smallest absolute Gasteiger partial charge is 0.315 e. The summed E-state index contributed by atoms with van der Waals surface area (Å²) in [4.78, 5) is 85.8. The number of methoxy groups -OCH3 is 6. The van der Waals surface area contributed by atoms with Crippen molar-refractivity contribution >= 4 is 41.8 Å². The average molecular weight is 605 g/mol. The molecule has 0 unspecified atom stereocenters. The van der Waals surface area contributed by atoms with E-state index in [0.717, 1.165) is 0 Å². The van der Waals surface area contributed by atoms with Gasteiger partial charge in [-0.1, -0.05) is 0 Å². The number of rotatable bonds is 20. The minimum absolute atomic E-state index is 0.0133. The lowest BCUT2D eigenvalue weighted by molar-refractivity contribution is -0.143. The second-order valence-corrected chi connectivity index (χ2v) is 9.60. The number of ether oxygens (including phenoxy) is 6. The van der Waals surface area contributed by atoms with Gasteiger partial charge in [-0.3, -0.25) is 28.8 Å². The summed E-state index contributed by atoms with van der Waals surface area (Å²) < 4.78 is 28.4. The van der Waals surface area contributed by atoms with Crippen molar-refractivity contribution in [2.24, 2.45) is 0 Å². The molecule has 0 atom stereocenters. The van der Waals surface area contributed by atoms with Gasteiger partial charge in [0.05, 0.1) is 42.7 Å². The molecular formula is C27H44N2O13. The van der Waals surface area contributed by atoms with E-state index < -0.39 is 52.9 Å². The first-order valence-corrected chi connectivity index (χ1v) is 13.3. The number of hydrogen-bond acceptors (Lipinski definition) is 13. The van der Waals surface area contributed by atoms with Crippen molar-refractivity contribution in [2.45, 2.75) is 88.1 Å². The van der Waals surface area contributed by atoms with Crippen LogP contribution in [0.25, 0.3) is 0 Å². The average Bonchev–Trinajstić information content (AvgIpc) is 3.00. The Morgan fingerprint density at radius 2 is 0.548 bits per heavy atom. The SMILES string of the molecule is COC(=O)CCC(CCC(=O)OC)(CCC(=O)OC)NC(=O)NC(CCC(=O)OC)(CCC(=O)OC)CCC(=O)OC. The first kappa shape index (κ1) is 38.1. The molecule has 15 nitrogen and oxygen atoms in total. The van der Waals surface area contributed by atoms with E-state index in [4.69, 9.17) is 28.4 Å². The molecule has 0 aliphatic carbocycles. The molecule has 0 bridgehead atoms. The molecule has 2 amide bonds. The fourth-order valence-electron chi connectivity index (χ4n) is 4.30. The predicted octanol–water partition coefficient (Wildman–Crippen LogP) is 1.48.